The number of rotatable bonds is 3. The monoisotopic (exact) mass is 250 g/mol. The molecule has 1 aliphatic heterocycles. The van der Waals surface area contributed by atoms with Crippen LogP contribution in [0.2, 0.25) is 0 Å². The number of quaternary nitrogens is 1. The molecule has 0 radical (unpaired) electrons. The minimum absolute atomic E-state index is 0.0764. The number of benzene rings is 1. The van der Waals surface area contributed by atoms with Gasteiger partial charge in [0, 0.05) is 18.4 Å². The average molecular weight is 250 g/mol. The Morgan fingerprint density at radius 2 is 1.89 bits per heavy atom. The second kappa shape index (κ2) is 5.72. The summed E-state index contributed by atoms with van der Waals surface area (Å²) >= 11 is 0. The molecule has 0 bridgehead atoms. The summed E-state index contributed by atoms with van der Waals surface area (Å²) in [5, 5.41) is 9.53. The first-order valence-corrected chi connectivity index (χ1v) is 6.76. The van der Waals surface area contributed by atoms with Gasteiger partial charge in [0.25, 0.3) is 0 Å². The lowest BCUT2D eigenvalue weighted by Gasteiger charge is -2.27. The molecule has 0 aliphatic carbocycles. The molecule has 0 saturated carbocycles. The molecule has 1 aliphatic rings. The van der Waals surface area contributed by atoms with Crippen LogP contribution >= 0.6 is 0 Å². The third-order valence-electron chi connectivity index (χ3n) is 4.17. The van der Waals surface area contributed by atoms with E-state index in [-0.39, 0.29) is 6.10 Å². The van der Waals surface area contributed by atoms with Crippen LogP contribution < -0.4 is 9.64 Å². The van der Waals surface area contributed by atoms with Crippen molar-refractivity contribution in [3.63, 3.8) is 0 Å². The molecule has 1 heterocycles. The van der Waals surface area contributed by atoms with Gasteiger partial charge in [-0.3, -0.25) is 0 Å². The third-order valence-corrected chi connectivity index (χ3v) is 4.17. The summed E-state index contributed by atoms with van der Waals surface area (Å²) in [6, 6.07) is 4.25. The van der Waals surface area contributed by atoms with Crippen molar-refractivity contribution in [1.29, 1.82) is 0 Å². The van der Waals surface area contributed by atoms with Gasteiger partial charge in [-0.15, -0.1) is 0 Å². The third kappa shape index (κ3) is 2.85. The lowest BCUT2D eigenvalue weighted by atomic mass is 10.0. The number of methoxy groups -OCH3 is 1. The molecule has 3 nitrogen and oxygen atoms in total. The highest BCUT2D eigenvalue weighted by Gasteiger charge is 2.21. The second-order valence-corrected chi connectivity index (χ2v) is 5.33. The quantitative estimate of drug-likeness (QED) is 0.834. The van der Waals surface area contributed by atoms with E-state index in [0.717, 1.165) is 38.2 Å². The fraction of sp³-hybridized carbons (Fsp3) is 0.600. The Morgan fingerprint density at radius 3 is 2.50 bits per heavy atom. The van der Waals surface area contributed by atoms with Crippen LogP contribution in [0.1, 0.15) is 29.5 Å². The summed E-state index contributed by atoms with van der Waals surface area (Å²) in [7, 11) is 1.72. The zero-order valence-electron chi connectivity index (χ0n) is 11.6. The predicted octanol–water partition coefficient (Wildman–Crippen LogP) is 0.852. The Kier molecular flexibility index (Phi) is 4.25. The maximum Gasteiger partial charge on any atom is 0.122 e. The van der Waals surface area contributed by atoms with Gasteiger partial charge in [0.1, 0.15) is 12.3 Å². The number of hydrogen-bond acceptors (Lipinski definition) is 2. The summed E-state index contributed by atoms with van der Waals surface area (Å²) in [4.78, 5) is 1.58. The first-order chi connectivity index (χ1) is 8.61. The normalized spacial score (nSPS) is 24.0. The summed E-state index contributed by atoms with van der Waals surface area (Å²) in [5.74, 6) is 0.973. The van der Waals surface area contributed by atoms with E-state index in [1.807, 2.05) is 0 Å². The fourth-order valence-electron chi connectivity index (χ4n) is 2.72. The zero-order chi connectivity index (χ0) is 13.1. The molecule has 18 heavy (non-hydrogen) atoms. The van der Waals surface area contributed by atoms with Gasteiger partial charge in [0.15, 0.2) is 0 Å². The van der Waals surface area contributed by atoms with E-state index < -0.39 is 0 Å². The lowest BCUT2D eigenvalue weighted by Crippen LogP contribution is -3.12. The minimum atomic E-state index is -0.0764. The minimum Gasteiger partial charge on any atom is -0.496 e. The number of nitrogens with one attached hydrogen (secondary N) is 1. The predicted molar refractivity (Wildman–Crippen MR) is 72.1 cm³/mol. The number of aliphatic hydroxyl groups excluding tert-OH is 1. The van der Waals surface area contributed by atoms with Crippen molar-refractivity contribution in [2.24, 2.45) is 0 Å². The molecule has 0 amide bonds. The van der Waals surface area contributed by atoms with Gasteiger partial charge in [0.2, 0.25) is 0 Å². The van der Waals surface area contributed by atoms with Crippen molar-refractivity contribution in [2.75, 3.05) is 20.2 Å². The van der Waals surface area contributed by atoms with Gasteiger partial charge in [-0.1, -0.05) is 0 Å². The molecule has 0 unspecified atom stereocenters. The molecule has 100 valence electrons. The topological polar surface area (TPSA) is 33.9 Å². The molecule has 2 rings (SSSR count). The highest BCUT2D eigenvalue weighted by Crippen LogP contribution is 2.23. The van der Waals surface area contributed by atoms with Gasteiger partial charge in [-0.05, 0) is 37.1 Å². The van der Waals surface area contributed by atoms with Crippen molar-refractivity contribution < 1.29 is 14.7 Å². The van der Waals surface area contributed by atoms with Gasteiger partial charge in [0.05, 0.1) is 26.3 Å². The van der Waals surface area contributed by atoms with Crippen LogP contribution in [-0.2, 0) is 6.54 Å². The smallest absolute Gasteiger partial charge is 0.122 e. The van der Waals surface area contributed by atoms with Crippen LogP contribution in [0.5, 0.6) is 5.75 Å². The Morgan fingerprint density at radius 1 is 1.22 bits per heavy atom. The first kappa shape index (κ1) is 13.4. The highest BCUT2D eigenvalue weighted by molar-refractivity contribution is 5.43. The van der Waals surface area contributed by atoms with Gasteiger partial charge < -0.3 is 14.7 Å². The summed E-state index contributed by atoms with van der Waals surface area (Å²) < 4.78 is 5.34. The van der Waals surface area contributed by atoms with Crippen molar-refractivity contribution in [3.8, 4) is 5.75 Å². The van der Waals surface area contributed by atoms with Crippen LogP contribution in [0.4, 0.5) is 0 Å². The van der Waals surface area contributed by atoms with Gasteiger partial charge >= 0.3 is 0 Å². The van der Waals surface area contributed by atoms with Crippen LogP contribution in [-0.4, -0.2) is 31.4 Å². The van der Waals surface area contributed by atoms with Crippen molar-refractivity contribution in [3.05, 3.63) is 28.8 Å². The zero-order valence-corrected chi connectivity index (χ0v) is 11.6. The molecule has 0 atom stereocenters. The molecule has 3 heteroatoms. The Balaban J connectivity index is 2.08. The van der Waals surface area contributed by atoms with E-state index >= 15 is 0 Å². The van der Waals surface area contributed by atoms with E-state index in [4.69, 9.17) is 4.74 Å². The van der Waals surface area contributed by atoms with E-state index in [2.05, 4.69) is 26.0 Å². The maximum atomic E-state index is 9.53. The van der Waals surface area contributed by atoms with E-state index in [9.17, 15) is 5.11 Å². The standard InChI is InChI=1S/C15H23NO2/c1-11-12(2)15(18-3)5-4-13(11)10-16-8-6-14(17)7-9-16/h4-5,14,17H,6-10H2,1-3H3/p+1. The molecular formula is C15H24NO2+. The van der Waals surface area contributed by atoms with Crippen LogP contribution in [0.25, 0.3) is 0 Å². The molecule has 0 spiro atoms. The number of likely N-dealkylation sites (tertiary alicyclic amines) is 1. The van der Waals surface area contributed by atoms with Crippen LogP contribution in [0.3, 0.4) is 0 Å². The molecular weight excluding hydrogens is 226 g/mol. The molecule has 1 aromatic rings. The van der Waals surface area contributed by atoms with Crippen molar-refractivity contribution in [1.82, 2.24) is 0 Å². The Labute approximate surface area is 109 Å². The summed E-state index contributed by atoms with van der Waals surface area (Å²) in [6.07, 6.45) is 1.79. The maximum absolute atomic E-state index is 9.53. The van der Waals surface area contributed by atoms with Crippen molar-refractivity contribution >= 4 is 0 Å². The molecule has 2 N–H and O–H groups in total. The average Bonchev–Trinajstić information content (AvgIpc) is 2.38. The SMILES string of the molecule is COc1ccc(C[NH+]2CCC(O)CC2)c(C)c1C. The lowest BCUT2D eigenvalue weighted by molar-refractivity contribution is -0.919. The van der Waals surface area contributed by atoms with Crippen LogP contribution in [0, 0.1) is 13.8 Å². The summed E-state index contributed by atoms with van der Waals surface area (Å²) in [5.41, 5.74) is 3.99. The van der Waals surface area contributed by atoms with Crippen LogP contribution in [0.15, 0.2) is 12.1 Å². The number of aliphatic hydroxyl groups is 1. The highest BCUT2D eigenvalue weighted by atomic mass is 16.5. The second-order valence-electron chi connectivity index (χ2n) is 5.33. The van der Waals surface area contributed by atoms with E-state index in [1.165, 1.54) is 16.7 Å². The number of ether oxygens (including phenoxy) is 1. The molecule has 1 aromatic carbocycles. The van der Waals surface area contributed by atoms with E-state index in [1.54, 1.807) is 12.0 Å². The summed E-state index contributed by atoms with van der Waals surface area (Å²) in [6.45, 7) is 7.50. The fourth-order valence-corrected chi connectivity index (χ4v) is 2.72. The largest absolute Gasteiger partial charge is 0.496 e. The molecule has 0 aromatic heterocycles. The van der Waals surface area contributed by atoms with Crippen molar-refractivity contribution in [2.45, 2.75) is 39.3 Å². The Hall–Kier alpha value is -1.06. The molecule has 1 fully saturated rings. The number of piperidine rings is 1. The van der Waals surface area contributed by atoms with Gasteiger partial charge in [-0.25, -0.2) is 0 Å². The molecule has 1 saturated heterocycles. The van der Waals surface area contributed by atoms with E-state index in [0.29, 0.717) is 0 Å². The first-order valence-electron chi connectivity index (χ1n) is 6.76. The Bertz CT molecular complexity index is 409. The van der Waals surface area contributed by atoms with Gasteiger partial charge in [-0.2, -0.15) is 0 Å². The number of hydrogen-bond donors (Lipinski definition) is 2.